The number of methoxy groups -OCH3 is 2. The summed E-state index contributed by atoms with van der Waals surface area (Å²) in [6, 6.07) is 14.9. The summed E-state index contributed by atoms with van der Waals surface area (Å²) < 4.78 is 24.4. The van der Waals surface area contributed by atoms with E-state index in [2.05, 4.69) is 23.8 Å². The lowest BCUT2D eigenvalue weighted by Gasteiger charge is -2.23. The Kier molecular flexibility index (Phi) is 9.72. The quantitative estimate of drug-likeness (QED) is 0.656. The van der Waals surface area contributed by atoms with Crippen LogP contribution in [0.25, 0.3) is 0 Å². The number of likely N-dealkylation sites (tertiary alicyclic amines) is 1. The van der Waals surface area contributed by atoms with Crippen molar-refractivity contribution in [1.82, 2.24) is 9.99 Å². The van der Waals surface area contributed by atoms with E-state index in [0.29, 0.717) is 6.54 Å². The third kappa shape index (κ3) is 6.60. The minimum Gasteiger partial charge on any atom is -0.497 e. The molecule has 0 bridgehead atoms. The van der Waals surface area contributed by atoms with E-state index in [9.17, 15) is 4.57 Å². The Morgan fingerprint density at radius 3 is 1.66 bits per heavy atom. The minimum atomic E-state index is -2.93. The number of benzene rings is 2. The van der Waals surface area contributed by atoms with Crippen molar-refractivity contribution in [1.29, 1.82) is 0 Å². The second-order valence-corrected chi connectivity index (χ2v) is 9.74. The third-order valence-electron chi connectivity index (χ3n) is 4.83. The molecule has 0 atom stereocenters. The van der Waals surface area contributed by atoms with Gasteiger partial charge in [0.05, 0.1) is 14.2 Å². The topological polar surface area (TPSA) is 50.8 Å². The van der Waals surface area contributed by atoms with Gasteiger partial charge in [-0.2, -0.15) is 0 Å². The first-order valence-corrected chi connectivity index (χ1v) is 12.1. The van der Waals surface area contributed by atoms with Crippen molar-refractivity contribution in [2.45, 2.75) is 33.1 Å². The third-order valence-corrected chi connectivity index (χ3v) is 7.55. The normalized spacial score (nSPS) is 14.2. The molecule has 2 aromatic rings. The van der Waals surface area contributed by atoms with Crippen molar-refractivity contribution in [3.63, 3.8) is 0 Å². The van der Waals surface area contributed by atoms with Crippen LogP contribution >= 0.6 is 7.29 Å². The number of hydrogen-bond donors (Lipinski definition) is 1. The summed E-state index contributed by atoms with van der Waals surface area (Å²) in [6.45, 7) is 8.12. The fraction of sp³-hybridized carbons (Fsp3) is 0.478. The highest BCUT2D eigenvalue weighted by atomic mass is 31.2. The molecule has 1 saturated heterocycles. The van der Waals surface area contributed by atoms with E-state index in [4.69, 9.17) is 9.47 Å². The molecular weight excluding hydrogens is 383 g/mol. The molecule has 1 N–H and O–H groups in total. The van der Waals surface area contributed by atoms with Gasteiger partial charge in [0.2, 0.25) is 7.29 Å². The number of nitrogens with zero attached hydrogens (tertiary/aromatic N) is 1. The van der Waals surface area contributed by atoms with Gasteiger partial charge in [-0.3, -0.25) is 9.65 Å². The van der Waals surface area contributed by atoms with Gasteiger partial charge in [0.1, 0.15) is 11.5 Å². The lowest BCUT2D eigenvalue weighted by Crippen LogP contribution is -2.34. The Hall–Kier alpha value is -1.81. The second kappa shape index (κ2) is 12.0. The maximum Gasteiger partial charge on any atom is 0.204 e. The monoisotopic (exact) mass is 418 g/mol. The van der Waals surface area contributed by atoms with Gasteiger partial charge in [0.25, 0.3) is 0 Å². The summed E-state index contributed by atoms with van der Waals surface area (Å²) in [5.41, 5.74) is 0. The fourth-order valence-corrected chi connectivity index (χ4v) is 5.50. The minimum absolute atomic E-state index is 0.690. The van der Waals surface area contributed by atoms with Crippen LogP contribution in [0, 0.1) is 0 Å². The Bertz CT molecular complexity index is 705. The van der Waals surface area contributed by atoms with Gasteiger partial charge in [-0.05, 0) is 74.5 Å². The number of ether oxygens (including phenoxy) is 2. The van der Waals surface area contributed by atoms with Crippen molar-refractivity contribution in [3.05, 3.63) is 48.5 Å². The van der Waals surface area contributed by atoms with E-state index in [1.165, 1.54) is 19.3 Å². The molecule has 6 heteroatoms. The van der Waals surface area contributed by atoms with Gasteiger partial charge in [-0.1, -0.05) is 20.3 Å². The van der Waals surface area contributed by atoms with Crippen LogP contribution in [-0.4, -0.2) is 45.3 Å². The Labute approximate surface area is 175 Å². The Morgan fingerprint density at radius 2 is 1.28 bits per heavy atom. The average molecular weight is 419 g/mol. The molecule has 29 heavy (non-hydrogen) atoms. The van der Waals surface area contributed by atoms with Crippen LogP contribution in [0.4, 0.5) is 0 Å². The SMILES string of the molecule is CCC.COc1ccc(P(=O)(NCCN2CCCC2)c2ccc(OC)cc2)cc1. The van der Waals surface area contributed by atoms with Crippen molar-refractivity contribution in [3.8, 4) is 11.5 Å². The molecule has 0 amide bonds. The van der Waals surface area contributed by atoms with Gasteiger partial charge in [-0.15, -0.1) is 0 Å². The summed E-state index contributed by atoms with van der Waals surface area (Å²) in [4.78, 5) is 2.42. The van der Waals surface area contributed by atoms with Crippen molar-refractivity contribution in [2.24, 2.45) is 0 Å². The molecule has 0 radical (unpaired) electrons. The van der Waals surface area contributed by atoms with Crippen LogP contribution in [0.1, 0.15) is 33.1 Å². The molecule has 1 aliphatic rings. The molecule has 0 aromatic heterocycles. The lowest BCUT2D eigenvalue weighted by atomic mass is 10.3. The molecule has 1 fully saturated rings. The summed E-state index contributed by atoms with van der Waals surface area (Å²) in [5.74, 6) is 1.51. The van der Waals surface area contributed by atoms with E-state index in [-0.39, 0.29) is 0 Å². The highest BCUT2D eigenvalue weighted by Crippen LogP contribution is 2.39. The fourth-order valence-electron chi connectivity index (χ4n) is 3.29. The molecule has 1 heterocycles. The van der Waals surface area contributed by atoms with Crippen LogP contribution in [-0.2, 0) is 4.57 Å². The zero-order chi connectivity index (χ0) is 21.1. The molecular formula is C23H35N2O3P. The Balaban J connectivity index is 0.000000941. The van der Waals surface area contributed by atoms with Gasteiger partial charge < -0.3 is 14.4 Å². The smallest absolute Gasteiger partial charge is 0.204 e. The standard InChI is InChI=1S/C20H27N2O3P.C3H8/c1-24-17-5-9-19(10-6-17)26(23,20-11-7-18(25-2)8-12-20)21-13-16-22-14-3-4-15-22;1-3-2/h5-12H,3-4,13-16H2,1-2H3,(H,21,23);3H2,1-2H3. The van der Waals surface area contributed by atoms with E-state index in [1.54, 1.807) is 14.2 Å². The Morgan fingerprint density at radius 1 is 0.862 bits per heavy atom. The highest BCUT2D eigenvalue weighted by Gasteiger charge is 2.27. The van der Waals surface area contributed by atoms with E-state index < -0.39 is 7.29 Å². The molecule has 160 valence electrons. The lowest BCUT2D eigenvalue weighted by molar-refractivity contribution is 0.344. The summed E-state index contributed by atoms with van der Waals surface area (Å²) in [7, 11) is 0.333. The van der Waals surface area contributed by atoms with Crippen molar-refractivity contribution in [2.75, 3.05) is 40.4 Å². The van der Waals surface area contributed by atoms with E-state index in [0.717, 1.165) is 41.7 Å². The van der Waals surface area contributed by atoms with E-state index in [1.807, 2.05) is 48.5 Å². The number of rotatable bonds is 8. The van der Waals surface area contributed by atoms with Gasteiger partial charge in [-0.25, -0.2) is 0 Å². The molecule has 0 spiro atoms. The number of nitrogens with one attached hydrogen (secondary N) is 1. The summed E-state index contributed by atoms with van der Waals surface area (Å²) in [5, 5.41) is 4.93. The first-order valence-electron chi connectivity index (χ1n) is 10.4. The molecule has 3 rings (SSSR count). The van der Waals surface area contributed by atoms with Crippen LogP contribution < -0.4 is 25.2 Å². The molecule has 2 aromatic carbocycles. The highest BCUT2D eigenvalue weighted by molar-refractivity contribution is 7.76. The van der Waals surface area contributed by atoms with Crippen molar-refractivity contribution < 1.29 is 14.0 Å². The first-order chi connectivity index (χ1) is 14.1. The van der Waals surface area contributed by atoms with Crippen LogP contribution in [0.15, 0.2) is 48.5 Å². The van der Waals surface area contributed by atoms with E-state index >= 15 is 0 Å². The van der Waals surface area contributed by atoms with Gasteiger partial charge in [0, 0.05) is 23.7 Å². The molecule has 0 unspecified atom stereocenters. The van der Waals surface area contributed by atoms with Gasteiger partial charge in [0.15, 0.2) is 0 Å². The van der Waals surface area contributed by atoms with Crippen LogP contribution in [0.3, 0.4) is 0 Å². The van der Waals surface area contributed by atoms with Crippen molar-refractivity contribution >= 4 is 17.9 Å². The average Bonchev–Trinajstić information content (AvgIpc) is 3.28. The molecule has 1 aliphatic heterocycles. The predicted molar refractivity (Wildman–Crippen MR) is 123 cm³/mol. The van der Waals surface area contributed by atoms with Crippen LogP contribution in [0.2, 0.25) is 0 Å². The zero-order valence-electron chi connectivity index (χ0n) is 18.2. The molecule has 0 saturated carbocycles. The zero-order valence-corrected chi connectivity index (χ0v) is 19.1. The molecule has 5 nitrogen and oxygen atoms in total. The molecule has 0 aliphatic carbocycles. The number of hydrogen-bond acceptors (Lipinski definition) is 4. The summed E-state index contributed by atoms with van der Waals surface area (Å²) >= 11 is 0. The summed E-state index contributed by atoms with van der Waals surface area (Å²) in [6.07, 6.45) is 3.77. The second-order valence-electron chi connectivity index (χ2n) is 7.17. The largest absolute Gasteiger partial charge is 0.497 e. The first kappa shape index (κ1) is 23.5. The maximum atomic E-state index is 14.0. The van der Waals surface area contributed by atoms with Gasteiger partial charge >= 0.3 is 0 Å². The maximum absolute atomic E-state index is 14.0. The predicted octanol–water partition coefficient (Wildman–Crippen LogP) is 4.03. The van der Waals surface area contributed by atoms with Crippen LogP contribution in [0.5, 0.6) is 11.5 Å².